The zero-order valence-electron chi connectivity index (χ0n) is 11.1. The Morgan fingerprint density at radius 3 is 2.75 bits per heavy atom. The molecule has 1 amide bonds. The zero-order chi connectivity index (χ0) is 14.5. The Kier molecular flexibility index (Phi) is 4.74. The maximum Gasteiger partial charge on any atom is 0.254 e. The van der Waals surface area contributed by atoms with Gasteiger partial charge in [-0.1, -0.05) is 35.9 Å². The topological polar surface area (TPSA) is 29.1 Å². The third kappa shape index (κ3) is 3.58. The van der Waals surface area contributed by atoms with Gasteiger partial charge in [0.1, 0.15) is 5.82 Å². The number of rotatable bonds is 4. The number of halogens is 2. The van der Waals surface area contributed by atoms with Gasteiger partial charge < -0.3 is 5.32 Å². The van der Waals surface area contributed by atoms with Crippen molar-refractivity contribution in [1.82, 2.24) is 5.32 Å². The average Bonchev–Trinajstić information content (AvgIpc) is 2.42. The van der Waals surface area contributed by atoms with Gasteiger partial charge in [-0.3, -0.25) is 4.79 Å². The van der Waals surface area contributed by atoms with Crippen LogP contribution in [0.15, 0.2) is 42.5 Å². The summed E-state index contributed by atoms with van der Waals surface area (Å²) in [6.45, 7) is 2.07. The highest BCUT2D eigenvalue weighted by atomic mass is 35.5. The lowest BCUT2D eigenvalue weighted by Crippen LogP contribution is -2.26. The van der Waals surface area contributed by atoms with Crippen LogP contribution in [0.2, 0.25) is 5.02 Å². The molecule has 0 aliphatic heterocycles. The Balaban J connectivity index is 1.94. The molecule has 2 aromatic rings. The Bertz CT molecular complexity index is 628. The van der Waals surface area contributed by atoms with Gasteiger partial charge in [0.25, 0.3) is 5.91 Å². The fourth-order valence-electron chi connectivity index (χ4n) is 1.93. The van der Waals surface area contributed by atoms with E-state index in [1.54, 1.807) is 25.1 Å². The van der Waals surface area contributed by atoms with E-state index >= 15 is 0 Å². The molecule has 0 aliphatic carbocycles. The molecule has 0 spiro atoms. The summed E-state index contributed by atoms with van der Waals surface area (Å²) in [6.07, 6.45) is 0.653. The maximum absolute atomic E-state index is 13.8. The Labute approximate surface area is 122 Å². The summed E-state index contributed by atoms with van der Waals surface area (Å²) < 4.78 is 13.8. The van der Waals surface area contributed by atoms with Gasteiger partial charge in [0.2, 0.25) is 0 Å². The monoisotopic (exact) mass is 291 g/mol. The number of amides is 1. The Hall–Kier alpha value is -1.87. The number of hydrogen-bond donors (Lipinski definition) is 1. The van der Waals surface area contributed by atoms with E-state index in [9.17, 15) is 9.18 Å². The van der Waals surface area contributed by atoms with Gasteiger partial charge in [0.15, 0.2) is 0 Å². The molecule has 0 radical (unpaired) electrons. The largest absolute Gasteiger partial charge is 0.352 e. The SMILES string of the molecule is Cc1cccc(C(=O)NCCc2cccc(Cl)c2)c1F. The Morgan fingerprint density at radius 2 is 2.00 bits per heavy atom. The summed E-state index contributed by atoms with van der Waals surface area (Å²) in [6, 6.07) is 12.2. The third-order valence-corrected chi connectivity index (χ3v) is 3.26. The van der Waals surface area contributed by atoms with Gasteiger partial charge in [-0.05, 0) is 42.7 Å². The van der Waals surface area contributed by atoms with E-state index in [1.807, 2.05) is 18.2 Å². The van der Waals surface area contributed by atoms with Crippen LogP contribution in [0, 0.1) is 12.7 Å². The summed E-state index contributed by atoms with van der Waals surface area (Å²) >= 11 is 5.88. The van der Waals surface area contributed by atoms with Crippen molar-refractivity contribution < 1.29 is 9.18 Å². The minimum absolute atomic E-state index is 0.0797. The van der Waals surface area contributed by atoms with Crippen LogP contribution in [0.4, 0.5) is 4.39 Å². The first-order valence-corrected chi connectivity index (χ1v) is 6.73. The summed E-state index contributed by atoms with van der Waals surface area (Å²) in [5, 5.41) is 3.38. The summed E-state index contributed by atoms with van der Waals surface area (Å²) in [4.78, 5) is 11.9. The highest BCUT2D eigenvalue weighted by Gasteiger charge is 2.12. The second kappa shape index (κ2) is 6.53. The lowest BCUT2D eigenvalue weighted by atomic mass is 10.1. The average molecular weight is 292 g/mol. The van der Waals surface area contributed by atoms with Crippen LogP contribution >= 0.6 is 11.6 Å². The molecule has 0 saturated heterocycles. The van der Waals surface area contributed by atoms with Crippen LogP contribution in [0.1, 0.15) is 21.5 Å². The van der Waals surface area contributed by atoms with Gasteiger partial charge in [-0.25, -0.2) is 4.39 Å². The van der Waals surface area contributed by atoms with Crippen molar-refractivity contribution >= 4 is 17.5 Å². The van der Waals surface area contributed by atoms with Crippen molar-refractivity contribution in [2.24, 2.45) is 0 Å². The zero-order valence-corrected chi connectivity index (χ0v) is 11.9. The smallest absolute Gasteiger partial charge is 0.254 e. The molecular weight excluding hydrogens is 277 g/mol. The molecule has 0 saturated carbocycles. The maximum atomic E-state index is 13.8. The van der Waals surface area contributed by atoms with E-state index in [0.717, 1.165) is 5.56 Å². The van der Waals surface area contributed by atoms with Crippen LogP contribution in [0.5, 0.6) is 0 Å². The molecule has 2 aromatic carbocycles. The van der Waals surface area contributed by atoms with E-state index in [1.165, 1.54) is 6.07 Å². The summed E-state index contributed by atoms with van der Waals surface area (Å²) in [7, 11) is 0. The highest BCUT2D eigenvalue weighted by Crippen LogP contribution is 2.12. The van der Waals surface area contributed by atoms with Crippen LogP contribution in [0.25, 0.3) is 0 Å². The molecular formula is C16H15ClFNO. The van der Waals surface area contributed by atoms with Crippen molar-refractivity contribution in [1.29, 1.82) is 0 Å². The molecule has 0 atom stereocenters. The normalized spacial score (nSPS) is 10.3. The van der Waals surface area contributed by atoms with Gasteiger partial charge in [-0.2, -0.15) is 0 Å². The summed E-state index contributed by atoms with van der Waals surface area (Å²) in [5.74, 6) is -0.860. The number of carbonyl (C=O) groups excluding carboxylic acids is 1. The van der Waals surface area contributed by atoms with E-state index in [-0.39, 0.29) is 5.56 Å². The minimum atomic E-state index is -0.465. The fraction of sp³-hybridized carbons (Fsp3) is 0.188. The molecule has 0 unspecified atom stereocenters. The third-order valence-electron chi connectivity index (χ3n) is 3.02. The van der Waals surface area contributed by atoms with E-state index in [0.29, 0.717) is 23.6 Å². The predicted octanol–water partition coefficient (Wildman–Crippen LogP) is 3.76. The van der Waals surface area contributed by atoms with E-state index in [4.69, 9.17) is 11.6 Å². The molecule has 0 fully saturated rings. The van der Waals surface area contributed by atoms with Gasteiger partial charge in [0, 0.05) is 11.6 Å². The first kappa shape index (κ1) is 14.5. The molecule has 0 bridgehead atoms. The fourth-order valence-corrected chi connectivity index (χ4v) is 2.14. The molecule has 0 aromatic heterocycles. The molecule has 0 aliphatic rings. The van der Waals surface area contributed by atoms with E-state index in [2.05, 4.69) is 5.32 Å². The predicted molar refractivity (Wildman–Crippen MR) is 78.6 cm³/mol. The highest BCUT2D eigenvalue weighted by molar-refractivity contribution is 6.30. The van der Waals surface area contributed by atoms with E-state index < -0.39 is 11.7 Å². The molecule has 20 heavy (non-hydrogen) atoms. The van der Waals surface area contributed by atoms with Crippen LogP contribution in [-0.4, -0.2) is 12.5 Å². The standard InChI is InChI=1S/C16H15ClFNO/c1-11-4-2-7-14(15(11)18)16(20)19-9-8-12-5-3-6-13(17)10-12/h2-7,10H,8-9H2,1H3,(H,19,20). The van der Waals surface area contributed by atoms with Gasteiger partial charge in [-0.15, -0.1) is 0 Å². The summed E-state index contributed by atoms with van der Waals surface area (Å²) in [5.41, 5.74) is 1.58. The minimum Gasteiger partial charge on any atom is -0.352 e. The molecule has 4 heteroatoms. The van der Waals surface area contributed by atoms with Crippen molar-refractivity contribution in [2.45, 2.75) is 13.3 Å². The number of hydrogen-bond acceptors (Lipinski definition) is 1. The number of benzene rings is 2. The lowest BCUT2D eigenvalue weighted by Gasteiger charge is -2.07. The van der Waals surface area contributed by atoms with Gasteiger partial charge in [0.05, 0.1) is 5.56 Å². The van der Waals surface area contributed by atoms with Gasteiger partial charge >= 0.3 is 0 Å². The number of nitrogens with one attached hydrogen (secondary N) is 1. The number of carbonyl (C=O) groups is 1. The van der Waals surface area contributed by atoms with Crippen molar-refractivity contribution in [3.63, 3.8) is 0 Å². The van der Waals surface area contributed by atoms with Crippen LogP contribution in [0.3, 0.4) is 0 Å². The first-order chi connectivity index (χ1) is 9.58. The van der Waals surface area contributed by atoms with Crippen LogP contribution < -0.4 is 5.32 Å². The van der Waals surface area contributed by atoms with Crippen molar-refractivity contribution in [3.05, 3.63) is 70.0 Å². The molecule has 2 rings (SSSR count). The molecule has 1 N–H and O–H groups in total. The lowest BCUT2D eigenvalue weighted by molar-refractivity contribution is 0.0950. The van der Waals surface area contributed by atoms with Crippen LogP contribution in [-0.2, 0) is 6.42 Å². The van der Waals surface area contributed by atoms with Crippen molar-refractivity contribution in [2.75, 3.05) is 6.54 Å². The Morgan fingerprint density at radius 1 is 1.25 bits per heavy atom. The molecule has 0 heterocycles. The van der Waals surface area contributed by atoms with Crippen molar-refractivity contribution in [3.8, 4) is 0 Å². The quantitative estimate of drug-likeness (QED) is 0.913. The number of aryl methyl sites for hydroxylation is 1. The first-order valence-electron chi connectivity index (χ1n) is 6.35. The molecule has 2 nitrogen and oxygen atoms in total. The second-order valence-electron chi connectivity index (χ2n) is 4.57. The molecule has 104 valence electrons. The second-order valence-corrected chi connectivity index (χ2v) is 5.01.